The summed E-state index contributed by atoms with van der Waals surface area (Å²) >= 11 is 0. The van der Waals surface area contributed by atoms with E-state index in [9.17, 15) is 9.90 Å². The van der Waals surface area contributed by atoms with Gasteiger partial charge in [-0.15, -0.1) is 0 Å². The van der Waals surface area contributed by atoms with E-state index in [0.29, 0.717) is 0 Å². The Labute approximate surface area is 90.9 Å². The molecule has 0 saturated heterocycles. The Morgan fingerprint density at radius 2 is 1.40 bits per heavy atom. The van der Waals surface area contributed by atoms with Crippen LogP contribution in [0.1, 0.15) is 38.8 Å². The van der Waals surface area contributed by atoms with Crippen molar-refractivity contribution in [1.29, 1.82) is 0 Å². The third-order valence-electron chi connectivity index (χ3n) is 2.63. The minimum atomic E-state index is -0.830. The average Bonchev–Trinajstić information content (AvgIpc) is 2.17. The molecule has 82 valence electrons. The quantitative estimate of drug-likeness (QED) is 0.771. The van der Waals surface area contributed by atoms with Gasteiger partial charge in [0.2, 0.25) is 0 Å². The van der Waals surface area contributed by atoms with E-state index in [0.717, 1.165) is 17.4 Å². The number of carbonyl (C=O) groups excluding carboxylic acids is 1. The van der Waals surface area contributed by atoms with Crippen LogP contribution in [0.25, 0.3) is 0 Å². The summed E-state index contributed by atoms with van der Waals surface area (Å²) in [4.78, 5) is 10.9. The number of hydrogen-bond acceptors (Lipinski definition) is 2. The van der Waals surface area contributed by atoms with Crippen LogP contribution in [0.2, 0.25) is 0 Å². The Bertz CT molecular complexity index is 342. The summed E-state index contributed by atoms with van der Waals surface area (Å²) in [7, 11) is 0. The van der Waals surface area contributed by atoms with Crippen molar-refractivity contribution in [3.8, 4) is 0 Å². The fourth-order valence-corrected chi connectivity index (χ4v) is 1.38. The number of rotatable bonds is 3. The third-order valence-corrected chi connectivity index (χ3v) is 2.63. The van der Waals surface area contributed by atoms with Crippen molar-refractivity contribution in [2.24, 2.45) is 0 Å². The molecule has 0 aliphatic rings. The van der Waals surface area contributed by atoms with Crippen LogP contribution in [0, 0.1) is 0 Å². The maximum atomic E-state index is 10.9. The van der Waals surface area contributed by atoms with Crippen molar-refractivity contribution in [2.75, 3.05) is 0 Å². The van der Waals surface area contributed by atoms with Gasteiger partial charge in [-0.2, -0.15) is 0 Å². The van der Waals surface area contributed by atoms with Crippen LogP contribution in [0.4, 0.5) is 0 Å². The molecule has 0 spiro atoms. The molecule has 1 aromatic rings. The van der Waals surface area contributed by atoms with Gasteiger partial charge >= 0.3 is 0 Å². The van der Waals surface area contributed by atoms with Gasteiger partial charge in [0.05, 0.1) is 5.60 Å². The molecule has 2 heteroatoms. The molecule has 0 unspecified atom stereocenters. The maximum absolute atomic E-state index is 10.9. The van der Waals surface area contributed by atoms with E-state index in [2.05, 4.69) is 0 Å². The molecule has 0 saturated carbocycles. The fourth-order valence-electron chi connectivity index (χ4n) is 1.38. The van der Waals surface area contributed by atoms with Crippen LogP contribution < -0.4 is 0 Å². The van der Waals surface area contributed by atoms with E-state index >= 15 is 0 Å². The highest BCUT2D eigenvalue weighted by Crippen LogP contribution is 2.24. The van der Waals surface area contributed by atoms with E-state index in [-0.39, 0.29) is 0 Å². The highest BCUT2D eigenvalue weighted by Gasteiger charge is 2.21. The van der Waals surface area contributed by atoms with Crippen molar-refractivity contribution >= 4 is 6.29 Å². The lowest BCUT2D eigenvalue weighted by Gasteiger charge is -2.21. The second-order valence-electron chi connectivity index (χ2n) is 4.98. The van der Waals surface area contributed by atoms with Gasteiger partial charge in [0.1, 0.15) is 6.29 Å². The first-order valence-corrected chi connectivity index (χ1v) is 5.07. The van der Waals surface area contributed by atoms with Gasteiger partial charge in [0.25, 0.3) is 0 Å². The first-order valence-electron chi connectivity index (χ1n) is 5.07. The molecule has 15 heavy (non-hydrogen) atoms. The van der Waals surface area contributed by atoms with Crippen LogP contribution >= 0.6 is 0 Å². The zero-order valence-corrected chi connectivity index (χ0v) is 9.74. The zero-order valence-electron chi connectivity index (χ0n) is 9.74. The monoisotopic (exact) mass is 206 g/mol. The molecule has 1 N–H and O–H groups in total. The molecular formula is C13H18O2. The molecule has 0 heterocycles. The standard InChI is InChI=1S/C13H18O2/c1-12(2,9-14)10-5-7-11(8-6-10)13(3,4)15/h5-9,15H,1-4H3. The lowest BCUT2D eigenvalue weighted by atomic mass is 9.85. The predicted octanol–water partition coefficient (Wildman–Crippen LogP) is 2.39. The van der Waals surface area contributed by atoms with Gasteiger partial charge in [0.15, 0.2) is 0 Å². The summed E-state index contributed by atoms with van der Waals surface area (Å²) < 4.78 is 0. The van der Waals surface area contributed by atoms with Crippen molar-refractivity contribution in [1.82, 2.24) is 0 Å². The highest BCUT2D eigenvalue weighted by atomic mass is 16.3. The van der Waals surface area contributed by atoms with Crippen molar-refractivity contribution in [3.63, 3.8) is 0 Å². The Kier molecular flexibility index (Phi) is 3.00. The number of benzene rings is 1. The number of aliphatic hydroxyl groups is 1. The van der Waals surface area contributed by atoms with Crippen LogP contribution in [0.3, 0.4) is 0 Å². The molecule has 0 fully saturated rings. The number of hydrogen-bond donors (Lipinski definition) is 1. The summed E-state index contributed by atoms with van der Waals surface area (Å²) in [6.45, 7) is 7.23. The van der Waals surface area contributed by atoms with E-state index in [1.165, 1.54) is 0 Å². The Morgan fingerprint density at radius 1 is 1.00 bits per heavy atom. The first-order chi connectivity index (χ1) is 6.77. The zero-order chi connectivity index (χ0) is 11.7. The molecule has 1 aromatic carbocycles. The predicted molar refractivity (Wildman–Crippen MR) is 60.8 cm³/mol. The second kappa shape index (κ2) is 3.78. The molecule has 1 rings (SSSR count). The molecule has 0 aliphatic heterocycles. The fraction of sp³-hybridized carbons (Fsp3) is 0.462. The smallest absolute Gasteiger partial charge is 0.129 e. The lowest BCUT2D eigenvalue weighted by molar-refractivity contribution is -0.111. The van der Waals surface area contributed by atoms with E-state index in [1.807, 2.05) is 38.1 Å². The number of carbonyl (C=O) groups is 1. The topological polar surface area (TPSA) is 37.3 Å². The van der Waals surface area contributed by atoms with Gasteiger partial charge in [-0.05, 0) is 38.8 Å². The second-order valence-corrected chi connectivity index (χ2v) is 4.98. The van der Waals surface area contributed by atoms with Gasteiger partial charge in [-0.3, -0.25) is 0 Å². The normalized spacial score (nSPS) is 12.6. The van der Waals surface area contributed by atoms with Crippen LogP contribution in [0.5, 0.6) is 0 Å². The first kappa shape index (κ1) is 11.9. The summed E-state index contributed by atoms with van der Waals surface area (Å²) in [5.41, 5.74) is 0.528. The van der Waals surface area contributed by atoms with Crippen LogP contribution in [-0.4, -0.2) is 11.4 Å². The minimum absolute atomic E-state index is 0.460. The highest BCUT2D eigenvalue weighted by molar-refractivity contribution is 5.67. The van der Waals surface area contributed by atoms with E-state index < -0.39 is 11.0 Å². The molecule has 0 radical (unpaired) electrons. The largest absolute Gasteiger partial charge is 0.386 e. The Hall–Kier alpha value is -1.15. The molecular weight excluding hydrogens is 188 g/mol. The van der Waals surface area contributed by atoms with Gasteiger partial charge in [-0.1, -0.05) is 24.3 Å². The summed E-state index contributed by atoms with van der Waals surface area (Å²) in [5.74, 6) is 0. The van der Waals surface area contributed by atoms with Gasteiger partial charge < -0.3 is 9.90 Å². The SMILES string of the molecule is CC(C)(O)c1ccc(C(C)(C)C=O)cc1. The van der Waals surface area contributed by atoms with Crippen LogP contribution in [-0.2, 0) is 15.8 Å². The molecule has 0 atom stereocenters. The molecule has 0 amide bonds. The minimum Gasteiger partial charge on any atom is -0.386 e. The van der Waals surface area contributed by atoms with E-state index in [1.54, 1.807) is 13.8 Å². The number of aldehydes is 1. The molecule has 0 aliphatic carbocycles. The Morgan fingerprint density at radius 3 is 1.73 bits per heavy atom. The maximum Gasteiger partial charge on any atom is 0.129 e. The summed E-state index contributed by atoms with van der Waals surface area (Å²) in [6.07, 6.45) is 0.937. The van der Waals surface area contributed by atoms with Gasteiger partial charge in [-0.25, -0.2) is 0 Å². The Balaban J connectivity index is 3.06. The van der Waals surface area contributed by atoms with Crippen molar-refractivity contribution in [2.45, 2.75) is 38.7 Å². The van der Waals surface area contributed by atoms with Crippen molar-refractivity contribution < 1.29 is 9.90 Å². The summed E-state index contributed by atoms with van der Waals surface area (Å²) in [5, 5.41) is 9.77. The van der Waals surface area contributed by atoms with Crippen LogP contribution in [0.15, 0.2) is 24.3 Å². The lowest BCUT2D eigenvalue weighted by Crippen LogP contribution is -2.20. The molecule has 0 bridgehead atoms. The van der Waals surface area contributed by atoms with E-state index in [4.69, 9.17) is 0 Å². The average molecular weight is 206 g/mol. The molecule has 2 nitrogen and oxygen atoms in total. The molecule has 0 aromatic heterocycles. The van der Waals surface area contributed by atoms with Gasteiger partial charge in [0, 0.05) is 5.41 Å². The summed E-state index contributed by atoms with van der Waals surface area (Å²) in [6, 6.07) is 7.50. The third kappa shape index (κ3) is 2.66. The van der Waals surface area contributed by atoms with Crippen molar-refractivity contribution in [3.05, 3.63) is 35.4 Å².